The first-order valence-corrected chi connectivity index (χ1v) is 9.79. The molecule has 0 aliphatic carbocycles. The first-order chi connectivity index (χ1) is 11.3. The molecular formula is C16H23ClN2O4S. The van der Waals surface area contributed by atoms with Crippen molar-refractivity contribution in [3.05, 3.63) is 34.9 Å². The van der Waals surface area contributed by atoms with Crippen LogP contribution in [0.15, 0.2) is 24.3 Å². The van der Waals surface area contributed by atoms with Crippen molar-refractivity contribution in [2.75, 3.05) is 33.1 Å². The quantitative estimate of drug-likeness (QED) is 0.780. The molecular weight excluding hydrogens is 352 g/mol. The monoisotopic (exact) mass is 374 g/mol. The maximum atomic E-state index is 12.2. The van der Waals surface area contributed by atoms with Crippen molar-refractivity contribution in [1.82, 2.24) is 9.62 Å². The molecule has 1 aromatic carbocycles. The maximum absolute atomic E-state index is 12.2. The molecule has 6 nitrogen and oxygen atoms in total. The van der Waals surface area contributed by atoms with Gasteiger partial charge in [-0.2, -0.15) is 0 Å². The lowest BCUT2D eigenvalue weighted by molar-refractivity contribution is -0.121. The fourth-order valence-electron chi connectivity index (χ4n) is 2.57. The number of amides is 1. The number of nitrogens with one attached hydrogen (secondary N) is 1. The van der Waals surface area contributed by atoms with Gasteiger partial charge in [-0.3, -0.25) is 4.79 Å². The van der Waals surface area contributed by atoms with Crippen LogP contribution in [0.3, 0.4) is 0 Å². The number of benzene rings is 1. The molecule has 1 N–H and O–H groups in total. The van der Waals surface area contributed by atoms with Gasteiger partial charge >= 0.3 is 0 Å². The van der Waals surface area contributed by atoms with Crippen LogP contribution in [0.1, 0.15) is 12.0 Å². The highest BCUT2D eigenvalue weighted by molar-refractivity contribution is 7.89. The number of sulfonamides is 1. The average Bonchev–Trinajstić information content (AvgIpc) is 2.92. The number of aryl methyl sites for hydroxylation is 1. The van der Waals surface area contributed by atoms with Crippen molar-refractivity contribution < 1.29 is 17.9 Å². The van der Waals surface area contributed by atoms with E-state index < -0.39 is 10.0 Å². The number of rotatable bonds is 7. The molecule has 0 spiro atoms. The van der Waals surface area contributed by atoms with Gasteiger partial charge in [0.05, 0.1) is 25.0 Å². The zero-order chi connectivity index (χ0) is 17.7. The predicted molar refractivity (Wildman–Crippen MR) is 93.5 cm³/mol. The minimum absolute atomic E-state index is 0.0323. The highest BCUT2D eigenvalue weighted by Gasteiger charge is 2.34. The summed E-state index contributed by atoms with van der Waals surface area (Å²) < 4.78 is 30.6. The van der Waals surface area contributed by atoms with Gasteiger partial charge in [-0.05, 0) is 18.1 Å². The van der Waals surface area contributed by atoms with Crippen LogP contribution in [0.4, 0.5) is 0 Å². The van der Waals surface area contributed by atoms with E-state index in [0.29, 0.717) is 31.1 Å². The van der Waals surface area contributed by atoms with Gasteiger partial charge < -0.3 is 10.1 Å². The molecule has 1 fully saturated rings. The first-order valence-electron chi connectivity index (χ1n) is 7.80. The lowest BCUT2D eigenvalue weighted by Gasteiger charge is -2.21. The van der Waals surface area contributed by atoms with E-state index in [4.69, 9.17) is 16.3 Å². The zero-order valence-electron chi connectivity index (χ0n) is 13.9. The molecule has 2 rings (SSSR count). The Balaban J connectivity index is 1.87. The summed E-state index contributed by atoms with van der Waals surface area (Å²) in [5, 5.41) is 3.53. The van der Waals surface area contributed by atoms with Crippen molar-refractivity contribution in [3.8, 4) is 0 Å². The van der Waals surface area contributed by atoms with Crippen LogP contribution < -0.4 is 5.32 Å². The van der Waals surface area contributed by atoms with Gasteiger partial charge in [0.25, 0.3) is 0 Å². The molecule has 0 aromatic heterocycles. The normalized spacial score (nSPS) is 21.2. The Bertz CT molecular complexity index is 678. The van der Waals surface area contributed by atoms with Gasteiger partial charge in [0.1, 0.15) is 0 Å². The Morgan fingerprint density at radius 1 is 1.33 bits per heavy atom. The van der Waals surface area contributed by atoms with E-state index in [1.807, 2.05) is 18.2 Å². The molecule has 134 valence electrons. The topological polar surface area (TPSA) is 75.7 Å². The van der Waals surface area contributed by atoms with Crippen molar-refractivity contribution in [1.29, 1.82) is 0 Å². The fourth-order valence-corrected chi connectivity index (χ4v) is 3.97. The van der Waals surface area contributed by atoms with Crippen LogP contribution in [0.5, 0.6) is 0 Å². The van der Waals surface area contributed by atoms with Gasteiger partial charge in [-0.1, -0.05) is 29.8 Å². The van der Waals surface area contributed by atoms with Crippen molar-refractivity contribution >= 4 is 27.5 Å². The Kier molecular flexibility index (Phi) is 6.62. The number of carbonyl (C=O) groups is 1. The van der Waals surface area contributed by atoms with Gasteiger partial charge in [0, 0.05) is 31.5 Å². The summed E-state index contributed by atoms with van der Waals surface area (Å²) >= 11 is 6.08. The second-order valence-electron chi connectivity index (χ2n) is 6.12. The molecule has 1 aromatic rings. The third kappa shape index (κ3) is 5.17. The van der Waals surface area contributed by atoms with Gasteiger partial charge in [-0.25, -0.2) is 12.7 Å². The third-order valence-electron chi connectivity index (χ3n) is 4.11. The standard InChI is InChI=1S/C16H23ClN2O4S/c1-19(2)24(21,22)11-13-9-23-10-15(13)18-16(20)8-7-12-5-3-4-6-14(12)17/h3-6,13,15H,7-11H2,1-2H3,(H,18,20)/t13-,15-/m0/s1. The van der Waals surface area contributed by atoms with Gasteiger partial charge in [0.2, 0.25) is 15.9 Å². The summed E-state index contributed by atoms with van der Waals surface area (Å²) in [5.74, 6) is -0.394. The van der Waals surface area contributed by atoms with Crippen LogP contribution in [0, 0.1) is 5.92 Å². The second-order valence-corrected chi connectivity index (χ2v) is 8.76. The highest BCUT2D eigenvalue weighted by atomic mass is 35.5. The van der Waals surface area contributed by atoms with E-state index >= 15 is 0 Å². The molecule has 1 amide bonds. The number of carbonyl (C=O) groups excluding carboxylic acids is 1. The second kappa shape index (κ2) is 8.29. The van der Waals surface area contributed by atoms with E-state index in [1.54, 1.807) is 6.07 Å². The Hall–Kier alpha value is -1.15. The van der Waals surface area contributed by atoms with Gasteiger partial charge in [-0.15, -0.1) is 0 Å². The van der Waals surface area contributed by atoms with Crippen molar-refractivity contribution in [3.63, 3.8) is 0 Å². The average molecular weight is 375 g/mol. The molecule has 0 unspecified atom stereocenters. The molecule has 0 radical (unpaired) electrons. The largest absolute Gasteiger partial charge is 0.379 e. The molecule has 1 aliphatic rings. The lowest BCUT2D eigenvalue weighted by atomic mass is 10.1. The molecule has 8 heteroatoms. The highest BCUT2D eigenvalue weighted by Crippen LogP contribution is 2.19. The summed E-state index contributed by atoms with van der Waals surface area (Å²) in [4.78, 5) is 12.2. The first kappa shape index (κ1) is 19.2. The molecule has 2 atom stereocenters. The Morgan fingerprint density at radius 3 is 2.71 bits per heavy atom. The minimum Gasteiger partial charge on any atom is -0.379 e. The summed E-state index contributed by atoms with van der Waals surface area (Å²) in [7, 11) is -0.322. The molecule has 1 heterocycles. The van der Waals surface area contributed by atoms with Crippen LogP contribution in [0.25, 0.3) is 0 Å². The van der Waals surface area contributed by atoms with E-state index in [1.165, 1.54) is 18.4 Å². The minimum atomic E-state index is -3.33. The zero-order valence-corrected chi connectivity index (χ0v) is 15.4. The van der Waals surface area contributed by atoms with Crippen LogP contribution >= 0.6 is 11.6 Å². The smallest absolute Gasteiger partial charge is 0.220 e. The van der Waals surface area contributed by atoms with Crippen LogP contribution in [-0.4, -0.2) is 57.7 Å². The predicted octanol–water partition coefficient (Wildman–Crippen LogP) is 1.30. The summed E-state index contributed by atoms with van der Waals surface area (Å²) in [5.41, 5.74) is 0.920. The molecule has 1 aliphatic heterocycles. The third-order valence-corrected chi connectivity index (χ3v) is 6.44. The van der Waals surface area contributed by atoms with Crippen LogP contribution in [0.2, 0.25) is 5.02 Å². The number of ether oxygens (including phenoxy) is 1. The van der Waals surface area contributed by atoms with E-state index in [0.717, 1.165) is 5.56 Å². The number of hydrogen-bond acceptors (Lipinski definition) is 4. The SMILES string of the molecule is CN(C)S(=O)(=O)C[C@@H]1COC[C@@H]1NC(=O)CCc1ccccc1Cl. The van der Waals surface area contributed by atoms with E-state index in [2.05, 4.69) is 5.32 Å². The van der Waals surface area contributed by atoms with Gasteiger partial charge in [0.15, 0.2) is 0 Å². The number of nitrogens with zero attached hydrogens (tertiary/aromatic N) is 1. The molecule has 0 saturated carbocycles. The van der Waals surface area contributed by atoms with Crippen LogP contribution in [-0.2, 0) is 26.0 Å². The summed E-state index contributed by atoms with van der Waals surface area (Å²) in [6.07, 6.45) is 0.840. The number of hydrogen-bond donors (Lipinski definition) is 1. The van der Waals surface area contributed by atoms with Crippen molar-refractivity contribution in [2.45, 2.75) is 18.9 Å². The lowest BCUT2D eigenvalue weighted by Crippen LogP contribution is -2.43. The molecule has 24 heavy (non-hydrogen) atoms. The summed E-state index contributed by atoms with van der Waals surface area (Å²) in [6, 6.07) is 7.13. The van der Waals surface area contributed by atoms with E-state index in [-0.39, 0.29) is 23.6 Å². The van der Waals surface area contributed by atoms with Crippen molar-refractivity contribution in [2.24, 2.45) is 5.92 Å². The Morgan fingerprint density at radius 2 is 2.04 bits per heavy atom. The Labute approximate surface area is 148 Å². The number of halogens is 1. The molecule has 0 bridgehead atoms. The maximum Gasteiger partial charge on any atom is 0.220 e. The fraction of sp³-hybridized carbons (Fsp3) is 0.562. The van der Waals surface area contributed by atoms with E-state index in [9.17, 15) is 13.2 Å². The summed E-state index contributed by atoms with van der Waals surface area (Å²) in [6.45, 7) is 0.675. The molecule has 1 saturated heterocycles.